The van der Waals surface area contributed by atoms with Crippen LogP contribution in [0.25, 0.3) is 22.3 Å². The van der Waals surface area contributed by atoms with Crippen LogP contribution in [0.4, 0.5) is 0 Å². The van der Waals surface area contributed by atoms with Crippen LogP contribution in [-0.2, 0) is 13.0 Å². The smallest absolute Gasteiger partial charge is 0.222 e. The molecule has 0 saturated heterocycles. The van der Waals surface area contributed by atoms with Gasteiger partial charge in [0.05, 0.1) is 29.4 Å². The van der Waals surface area contributed by atoms with Crippen molar-refractivity contribution >= 4 is 11.0 Å². The fraction of sp³-hybridized carbons (Fsp3) is 0.308. The van der Waals surface area contributed by atoms with E-state index in [0.717, 1.165) is 41.0 Å². The van der Waals surface area contributed by atoms with Gasteiger partial charge in [0, 0.05) is 18.4 Å². The molecule has 0 atom stereocenters. The van der Waals surface area contributed by atoms with Crippen molar-refractivity contribution in [3.63, 3.8) is 0 Å². The molecule has 4 nitrogen and oxygen atoms in total. The number of hydrogen-bond donors (Lipinski definition) is 0. The third-order valence-corrected chi connectivity index (χ3v) is 5.63. The average molecular weight is 400 g/mol. The number of nitrogens with zero attached hydrogens (tertiary/aromatic N) is 3. The first-order valence-electron chi connectivity index (χ1n) is 10.5. The van der Waals surface area contributed by atoms with Crippen molar-refractivity contribution in [3.05, 3.63) is 77.1 Å². The SMILES string of the molecule is COc1nc(C(C)C)ccc1-c1nc2c(C)cn(CCc3ccccc3)c2cc1C. The van der Waals surface area contributed by atoms with Gasteiger partial charge in [-0.15, -0.1) is 0 Å². The van der Waals surface area contributed by atoms with Crippen LogP contribution in [0.5, 0.6) is 5.88 Å². The predicted octanol–water partition coefficient (Wildman–Crippen LogP) is 6.09. The molecule has 0 bridgehead atoms. The van der Waals surface area contributed by atoms with Gasteiger partial charge in [0.25, 0.3) is 0 Å². The van der Waals surface area contributed by atoms with Crippen LogP contribution in [0.2, 0.25) is 0 Å². The second-order valence-electron chi connectivity index (χ2n) is 8.21. The fourth-order valence-electron chi connectivity index (χ4n) is 3.94. The van der Waals surface area contributed by atoms with Crippen LogP contribution in [0.1, 0.15) is 42.1 Å². The number of methoxy groups -OCH3 is 1. The molecule has 1 aromatic carbocycles. The lowest BCUT2D eigenvalue weighted by Gasteiger charge is -2.13. The number of hydrogen-bond acceptors (Lipinski definition) is 3. The maximum Gasteiger partial charge on any atom is 0.222 e. The van der Waals surface area contributed by atoms with E-state index in [0.29, 0.717) is 11.8 Å². The van der Waals surface area contributed by atoms with E-state index >= 15 is 0 Å². The molecule has 0 aliphatic rings. The Hall–Kier alpha value is -3.14. The van der Waals surface area contributed by atoms with Gasteiger partial charge < -0.3 is 9.30 Å². The summed E-state index contributed by atoms with van der Waals surface area (Å²) < 4.78 is 7.94. The molecule has 4 rings (SSSR count). The molecule has 154 valence electrons. The van der Waals surface area contributed by atoms with E-state index in [2.05, 4.69) is 87.0 Å². The van der Waals surface area contributed by atoms with Crippen molar-refractivity contribution in [2.45, 2.75) is 46.6 Å². The molecule has 0 aliphatic heterocycles. The van der Waals surface area contributed by atoms with E-state index in [4.69, 9.17) is 14.7 Å². The number of fused-ring (bicyclic) bond motifs is 1. The summed E-state index contributed by atoms with van der Waals surface area (Å²) in [5.41, 5.74) is 8.78. The lowest BCUT2D eigenvalue weighted by Crippen LogP contribution is -2.02. The number of rotatable bonds is 6. The molecule has 4 heteroatoms. The Labute approximate surface area is 178 Å². The van der Waals surface area contributed by atoms with Crippen LogP contribution in [0, 0.1) is 13.8 Å². The maximum atomic E-state index is 5.62. The van der Waals surface area contributed by atoms with Gasteiger partial charge in [0.1, 0.15) is 0 Å². The van der Waals surface area contributed by atoms with Crippen molar-refractivity contribution in [2.24, 2.45) is 0 Å². The lowest BCUT2D eigenvalue weighted by molar-refractivity contribution is 0.397. The molecule has 0 amide bonds. The first-order chi connectivity index (χ1) is 14.5. The third kappa shape index (κ3) is 3.82. The van der Waals surface area contributed by atoms with E-state index in [1.54, 1.807) is 7.11 Å². The quantitative estimate of drug-likeness (QED) is 0.394. The maximum absolute atomic E-state index is 5.62. The van der Waals surface area contributed by atoms with E-state index in [9.17, 15) is 0 Å². The second-order valence-corrected chi connectivity index (χ2v) is 8.21. The van der Waals surface area contributed by atoms with Gasteiger partial charge in [0.15, 0.2) is 0 Å². The highest BCUT2D eigenvalue weighted by molar-refractivity contribution is 5.85. The minimum atomic E-state index is 0.352. The van der Waals surface area contributed by atoms with Gasteiger partial charge >= 0.3 is 0 Å². The van der Waals surface area contributed by atoms with Crippen molar-refractivity contribution in [3.8, 4) is 17.1 Å². The number of benzene rings is 1. The highest BCUT2D eigenvalue weighted by Crippen LogP contribution is 2.33. The molecule has 0 unspecified atom stereocenters. The minimum Gasteiger partial charge on any atom is -0.480 e. The van der Waals surface area contributed by atoms with E-state index in [-0.39, 0.29) is 0 Å². The summed E-state index contributed by atoms with van der Waals surface area (Å²) in [5, 5.41) is 0. The number of pyridine rings is 2. The number of aryl methyl sites for hydroxylation is 4. The van der Waals surface area contributed by atoms with Crippen molar-refractivity contribution < 1.29 is 4.74 Å². The van der Waals surface area contributed by atoms with Crippen LogP contribution in [-0.4, -0.2) is 21.6 Å². The zero-order valence-electron chi connectivity index (χ0n) is 18.4. The molecule has 3 aromatic heterocycles. The van der Waals surface area contributed by atoms with Gasteiger partial charge in [-0.1, -0.05) is 44.2 Å². The van der Waals surface area contributed by atoms with Gasteiger partial charge in [-0.3, -0.25) is 0 Å². The molecule has 0 spiro atoms. The largest absolute Gasteiger partial charge is 0.480 e. The molecule has 4 aromatic rings. The summed E-state index contributed by atoms with van der Waals surface area (Å²) in [5.74, 6) is 0.989. The Balaban J connectivity index is 1.74. The summed E-state index contributed by atoms with van der Waals surface area (Å²) in [6, 6.07) is 17.0. The molecule has 0 saturated carbocycles. The highest BCUT2D eigenvalue weighted by Gasteiger charge is 2.17. The highest BCUT2D eigenvalue weighted by atomic mass is 16.5. The monoisotopic (exact) mass is 399 g/mol. The van der Waals surface area contributed by atoms with Crippen LogP contribution in [0.3, 0.4) is 0 Å². The summed E-state index contributed by atoms with van der Waals surface area (Å²) in [6.07, 6.45) is 3.21. The van der Waals surface area contributed by atoms with Crippen molar-refractivity contribution in [2.75, 3.05) is 7.11 Å². The Morgan fingerprint density at radius 3 is 2.43 bits per heavy atom. The molecule has 0 N–H and O–H groups in total. The summed E-state index contributed by atoms with van der Waals surface area (Å²) in [7, 11) is 1.68. The Morgan fingerprint density at radius 1 is 0.967 bits per heavy atom. The fourth-order valence-corrected chi connectivity index (χ4v) is 3.94. The first kappa shape index (κ1) is 20.1. The molecular weight excluding hydrogens is 370 g/mol. The molecule has 30 heavy (non-hydrogen) atoms. The van der Waals surface area contributed by atoms with Crippen LogP contribution in [0.15, 0.2) is 54.7 Å². The summed E-state index contributed by atoms with van der Waals surface area (Å²) in [6.45, 7) is 9.45. The molecular formula is C26H29N3O. The van der Waals surface area contributed by atoms with Crippen LogP contribution < -0.4 is 4.74 Å². The molecule has 3 heterocycles. The third-order valence-electron chi connectivity index (χ3n) is 5.63. The predicted molar refractivity (Wildman–Crippen MR) is 123 cm³/mol. The van der Waals surface area contributed by atoms with Gasteiger partial charge in [0.2, 0.25) is 5.88 Å². The average Bonchev–Trinajstić information content (AvgIpc) is 3.06. The lowest BCUT2D eigenvalue weighted by atomic mass is 10.0. The first-order valence-corrected chi connectivity index (χ1v) is 10.5. The van der Waals surface area contributed by atoms with E-state index in [1.807, 2.05) is 0 Å². The normalized spacial score (nSPS) is 11.4. The van der Waals surface area contributed by atoms with Gasteiger partial charge in [-0.25, -0.2) is 9.97 Å². The van der Waals surface area contributed by atoms with Crippen molar-refractivity contribution in [1.82, 2.24) is 14.5 Å². The second kappa shape index (κ2) is 8.31. The zero-order valence-corrected chi connectivity index (χ0v) is 18.4. The zero-order chi connectivity index (χ0) is 21.3. The molecule has 0 fully saturated rings. The van der Waals surface area contributed by atoms with Crippen molar-refractivity contribution in [1.29, 1.82) is 0 Å². The minimum absolute atomic E-state index is 0.352. The molecule has 0 radical (unpaired) electrons. The number of aromatic nitrogens is 3. The topological polar surface area (TPSA) is 39.9 Å². The standard InChI is InChI=1S/C26H29N3O/c1-17(2)22-12-11-21(26(27-22)30-5)24-18(3)15-23-25(28-24)19(4)16-29(23)14-13-20-9-7-6-8-10-20/h6-12,15-17H,13-14H2,1-5H3. The Morgan fingerprint density at radius 2 is 1.73 bits per heavy atom. The number of ether oxygens (including phenoxy) is 1. The van der Waals surface area contributed by atoms with Crippen LogP contribution >= 0.6 is 0 Å². The Kier molecular flexibility index (Phi) is 5.58. The summed E-state index contributed by atoms with van der Waals surface area (Å²) in [4.78, 5) is 9.77. The molecule has 0 aliphatic carbocycles. The summed E-state index contributed by atoms with van der Waals surface area (Å²) >= 11 is 0. The van der Waals surface area contributed by atoms with Gasteiger partial charge in [-0.05, 0) is 61.1 Å². The Bertz CT molecular complexity index is 1180. The van der Waals surface area contributed by atoms with E-state index < -0.39 is 0 Å². The van der Waals surface area contributed by atoms with Gasteiger partial charge in [-0.2, -0.15) is 0 Å². The van der Waals surface area contributed by atoms with E-state index in [1.165, 1.54) is 16.6 Å².